The molecule has 1 aromatic carbocycles. The monoisotopic (exact) mass is 339 g/mol. The third kappa shape index (κ3) is 2.93. The molecule has 0 bridgehead atoms. The molecule has 10 heteroatoms. The van der Waals surface area contributed by atoms with Crippen LogP contribution >= 0.6 is 11.3 Å². The molecule has 0 radical (unpaired) electrons. The Bertz CT molecular complexity index is 855. The first-order valence-corrected chi connectivity index (χ1v) is 7.07. The van der Waals surface area contributed by atoms with Crippen molar-refractivity contribution in [3.05, 3.63) is 46.4 Å². The Morgan fingerprint density at radius 3 is 2.57 bits per heavy atom. The van der Waals surface area contributed by atoms with Gasteiger partial charge in [0.15, 0.2) is 10.8 Å². The van der Waals surface area contributed by atoms with Crippen LogP contribution < -0.4 is 5.32 Å². The van der Waals surface area contributed by atoms with Crippen molar-refractivity contribution in [2.75, 3.05) is 5.32 Å². The summed E-state index contributed by atoms with van der Waals surface area (Å²) in [5.41, 5.74) is -0.402. The average Bonchev–Trinajstić information content (AvgIpc) is 3.08. The van der Waals surface area contributed by atoms with Crippen LogP contribution in [0.3, 0.4) is 0 Å². The van der Waals surface area contributed by atoms with Gasteiger partial charge in [0.1, 0.15) is 17.5 Å². The number of aryl methyl sites for hydroxylation is 1. The van der Waals surface area contributed by atoms with Crippen LogP contribution in [0, 0.1) is 24.4 Å². The van der Waals surface area contributed by atoms with Crippen molar-refractivity contribution in [2.24, 2.45) is 0 Å². The summed E-state index contributed by atoms with van der Waals surface area (Å²) in [5, 5.41) is 12.0. The predicted molar refractivity (Wildman–Crippen MR) is 76.5 cm³/mol. The average molecular weight is 339 g/mol. The van der Waals surface area contributed by atoms with Gasteiger partial charge in [-0.2, -0.15) is 15.4 Å². The maximum absolute atomic E-state index is 13.8. The molecule has 3 aromatic rings. The van der Waals surface area contributed by atoms with Crippen molar-refractivity contribution in [3.8, 4) is 11.3 Å². The first-order valence-electron chi connectivity index (χ1n) is 6.25. The first kappa shape index (κ1) is 15.2. The van der Waals surface area contributed by atoms with Gasteiger partial charge in [0.05, 0.1) is 17.5 Å². The fourth-order valence-electron chi connectivity index (χ4n) is 1.92. The molecule has 0 aliphatic carbocycles. The van der Waals surface area contributed by atoms with Crippen molar-refractivity contribution in [1.82, 2.24) is 20.4 Å². The van der Waals surface area contributed by atoms with E-state index in [0.717, 1.165) is 11.3 Å². The van der Waals surface area contributed by atoms with E-state index in [1.807, 2.05) is 0 Å². The number of amides is 1. The number of aromatic amines is 1. The van der Waals surface area contributed by atoms with Crippen LogP contribution in [-0.4, -0.2) is 26.3 Å². The number of benzene rings is 1. The minimum atomic E-state index is -1.06. The normalized spacial score (nSPS) is 10.8. The summed E-state index contributed by atoms with van der Waals surface area (Å²) in [6.07, 6.45) is 1.22. The van der Waals surface area contributed by atoms with Crippen LogP contribution in [0.1, 0.15) is 15.4 Å². The second-order valence-corrected chi connectivity index (χ2v) is 5.68. The zero-order valence-corrected chi connectivity index (χ0v) is 12.3. The standard InChI is InChI=1S/C13H8F3N5OS/c1-5-11(10-7(15)2-6(14)3-8(10)16)18-13(23-5)19-12(22)9-4-17-21-20-9/h2-4H,1H3,(H,17,20,21)(H,18,19,22). The van der Waals surface area contributed by atoms with Crippen molar-refractivity contribution >= 4 is 22.4 Å². The summed E-state index contributed by atoms with van der Waals surface area (Å²) in [6.45, 7) is 1.58. The van der Waals surface area contributed by atoms with E-state index in [2.05, 4.69) is 25.7 Å². The molecule has 1 amide bonds. The molecule has 0 aliphatic heterocycles. The van der Waals surface area contributed by atoms with Gasteiger partial charge in [-0.3, -0.25) is 10.1 Å². The number of hydrogen-bond acceptors (Lipinski definition) is 5. The lowest BCUT2D eigenvalue weighted by Crippen LogP contribution is -2.12. The highest BCUT2D eigenvalue weighted by molar-refractivity contribution is 7.16. The SMILES string of the molecule is Cc1sc(NC(=O)c2cn[nH]n2)nc1-c1c(F)cc(F)cc1F. The fourth-order valence-corrected chi connectivity index (χ4v) is 2.74. The van der Waals surface area contributed by atoms with Crippen LogP contribution in [-0.2, 0) is 0 Å². The third-order valence-electron chi connectivity index (χ3n) is 2.91. The number of H-pyrrole nitrogens is 1. The van der Waals surface area contributed by atoms with Gasteiger partial charge in [0, 0.05) is 17.0 Å². The van der Waals surface area contributed by atoms with Gasteiger partial charge in [-0.25, -0.2) is 18.2 Å². The number of nitrogens with one attached hydrogen (secondary N) is 2. The van der Waals surface area contributed by atoms with Gasteiger partial charge in [-0.05, 0) is 6.92 Å². The second-order valence-electron chi connectivity index (χ2n) is 4.48. The second kappa shape index (κ2) is 5.80. The Hall–Kier alpha value is -2.75. The number of anilines is 1. The molecule has 2 aromatic heterocycles. The lowest BCUT2D eigenvalue weighted by atomic mass is 10.1. The summed E-state index contributed by atoms with van der Waals surface area (Å²) >= 11 is 1.03. The van der Waals surface area contributed by atoms with Crippen molar-refractivity contribution in [3.63, 3.8) is 0 Å². The Labute approximate surface area is 131 Å². The van der Waals surface area contributed by atoms with Crippen molar-refractivity contribution in [2.45, 2.75) is 6.92 Å². The molecule has 2 N–H and O–H groups in total. The van der Waals surface area contributed by atoms with Crippen LogP contribution in [0.5, 0.6) is 0 Å². The van der Waals surface area contributed by atoms with E-state index in [4.69, 9.17) is 0 Å². The lowest BCUT2D eigenvalue weighted by Gasteiger charge is -2.03. The molecule has 23 heavy (non-hydrogen) atoms. The zero-order valence-electron chi connectivity index (χ0n) is 11.5. The largest absolute Gasteiger partial charge is 0.296 e. The zero-order chi connectivity index (χ0) is 16.6. The summed E-state index contributed by atoms with van der Waals surface area (Å²) in [5.74, 6) is -3.72. The van der Waals surface area contributed by atoms with E-state index < -0.39 is 28.9 Å². The van der Waals surface area contributed by atoms with Crippen molar-refractivity contribution < 1.29 is 18.0 Å². The van der Waals surface area contributed by atoms with Crippen LogP contribution in [0.25, 0.3) is 11.3 Å². The minimum Gasteiger partial charge on any atom is -0.296 e. The van der Waals surface area contributed by atoms with Crippen LogP contribution in [0.2, 0.25) is 0 Å². The molecule has 0 aliphatic rings. The molecule has 0 spiro atoms. The van der Waals surface area contributed by atoms with Gasteiger partial charge in [-0.15, -0.1) is 11.3 Å². The first-order chi connectivity index (χ1) is 11.0. The summed E-state index contributed by atoms with van der Waals surface area (Å²) in [6, 6.07) is 1.15. The highest BCUT2D eigenvalue weighted by Gasteiger charge is 2.20. The molecular formula is C13H8F3N5OS. The van der Waals surface area contributed by atoms with Crippen LogP contribution in [0.15, 0.2) is 18.3 Å². The summed E-state index contributed by atoms with van der Waals surface area (Å²) in [4.78, 5) is 16.3. The topological polar surface area (TPSA) is 83.6 Å². The number of nitrogens with zero attached hydrogens (tertiary/aromatic N) is 3. The Kier molecular flexibility index (Phi) is 3.82. The van der Waals surface area contributed by atoms with Crippen molar-refractivity contribution in [1.29, 1.82) is 0 Å². The van der Waals surface area contributed by atoms with Gasteiger partial charge < -0.3 is 0 Å². The maximum Gasteiger partial charge on any atom is 0.279 e. The number of hydrogen-bond donors (Lipinski definition) is 2. The number of carbonyl (C=O) groups excluding carboxylic acids is 1. The van der Waals surface area contributed by atoms with E-state index in [0.29, 0.717) is 17.0 Å². The maximum atomic E-state index is 13.8. The van der Waals surface area contributed by atoms with E-state index in [1.54, 1.807) is 6.92 Å². The van der Waals surface area contributed by atoms with Crippen LogP contribution in [0.4, 0.5) is 18.3 Å². The molecular weight excluding hydrogens is 331 g/mol. The van der Waals surface area contributed by atoms with Gasteiger partial charge in [0.25, 0.3) is 5.91 Å². The molecule has 0 atom stereocenters. The molecule has 118 valence electrons. The number of rotatable bonds is 3. The number of thiazole rings is 1. The summed E-state index contributed by atoms with van der Waals surface area (Å²) in [7, 11) is 0. The van der Waals surface area contributed by atoms with E-state index in [-0.39, 0.29) is 16.5 Å². The van der Waals surface area contributed by atoms with E-state index in [9.17, 15) is 18.0 Å². The number of carbonyl (C=O) groups is 1. The smallest absolute Gasteiger partial charge is 0.279 e. The third-order valence-corrected chi connectivity index (χ3v) is 3.79. The molecule has 3 rings (SSSR count). The Balaban J connectivity index is 1.94. The Morgan fingerprint density at radius 2 is 1.96 bits per heavy atom. The molecule has 0 unspecified atom stereocenters. The fraction of sp³-hybridized carbons (Fsp3) is 0.0769. The highest BCUT2D eigenvalue weighted by Crippen LogP contribution is 2.34. The number of aromatic nitrogens is 4. The molecule has 0 fully saturated rings. The Morgan fingerprint density at radius 1 is 1.26 bits per heavy atom. The summed E-state index contributed by atoms with van der Waals surface area (Å²) < 4.78 is 40.7. The lowest BCUT2D eigenvalue weighted by molar-refractivity contribution is 0.102. The predicted octanol–water partition coefficient (Wildman–Crippen LogP) is 2.91. The highest BCUT2D eigenvalue weighted by atomic mass is 32.1. The van der Waals surface area contributed by atoms with Gasteiger partial charge >= 0.3 is 0 Å². The minimum absolute atomic E-state index is 0.000419. The number of halogens is 3. The van der Waals surface area contributed by atoms with Gasteiger partial charge in [-0.1, -0.05) is 0 Å². The molecule has 2 heterocycles. The van der Waals surface area contributed by atoms with E-state index >= 15 is 0 Å². The molecule has 0 saturated carbocycles. The molecule has 0 saturated heterocycles. The quantitative estimate of drug-likeness (QED) is 0.768. The van der Waals surface area contributed by atoms with Gasteiger partial charge in [0.2, 0.25) is 0 Å². The van der Waals surface area contributed by atoms with E-state index in [1.165, 1.54) is 6.20 Å². The molecule has 6 nitrogen and oxygen atoms in total.